The molecular weight excluding hydrogens is 496 g/mol. The Labute approximate surface area is 233 Å². The van der Waals surface area contributed by atoms with Gasteiger partial charge < -0.3 is 26.0 Å². The molecule has 0 aliphatic heterocycles. The Kier molecular flexibility index (Phi) is 14.7. The van der Waals surface area contributed by atoms with E-state index in [4.69, 9.17) is 16.9 Å². The van der Waals surface area contributed by atoms with Gasteiger partial charge >= 0.3 is 6.09 Å². The van der Waals surface area contributed by atoms with Gasteiger partial charge in [-0.25, -0.2) is 4.79 Å². The molecule has 1 aromatic rings. The molecule has 4 amide bonds. The Bertz CT molecular complexity index is 996. The van der Waals surface area contributed by atoms with E-state index in [1.807, 2.05) is 6.92 Å². The van der Waals surface area contributed by atoms with Crippen LogP contribution in [0.15, 0.2) is 24.3 Å². The van der Waals surface area contributed by atoms with Gasteiger partial charge in [0.05, 0.1) is 6.42 Å². The molecule has 2 unspecified atom stereocenters. The first-order chi connectivity index (χ1) is 18.4. The minimum Gasteiger partial charge on any atom is -0.444 e. The summed E-state index contributed by atoms with van der Waals surface area (Å²) < 4.78 is 5.32. The van der Waals surface area contributed by atoms with Crippen molar-refractivity contribution in [2.75, 3.05) is 13.1 Å². The fourth-order valence-corrected chi connectivity index (χ4v) is 4.11. The van der Waals surface area contributed by atoms with Crippen LogP contribution in [0.5, 0.6) is 0 Å². The minimum absolute atomic E-state index is 0.221. The lowest BCUT2D eigenvalue weighted by molar-refractivity contribution is -0.143. The number of nitrogens with one attached hydrogen (secondary N) is 2. The van der Waals surface area contributed by atoms with E-state index in [1.165, 1.54) is 4.90 Å². The molecule has 0 aromatic heterocycles. The zero-order valence-electron chi connectivity index (χ0n) is 24.2. The number of rotatable bonds is 16. The van der Waals surface area contributed by atoms with Crippen molar-refractivity contribution in [2.24, 2.45) is 5.73 Å². The summed E-state index contributed by atoms with van der Waals surface area (Å²) in [4.78, 5) is 53.7. The fourth-order valence-electron chi connectivity index (χ4n) is 4.11. The molecule has 1 rings (SSSR count). The smallest absolute Gasteiger partial charge is 0.408 e. The summed E-state index contributed by atoms with van der Waals surface area (Å²) in [6, 6.07) is 4.57. The fraction of sp³-hybridized carbons (Fsp3) is 0.600. The summed E-state index contributed by atoms with van der Waals surface area (Å²) >= 11 is 0. The van der Waals surface area contributed by atoms with Crippen molar-refractivity contribution in [3.05, 3.63) is 35.4 Å². The Morgan fingerprint density at radius 2 is 1.67 bits per heavy atom. The van der Waals surface area contributed by atoms with Crippen LogP contribution in [-0.2, 0) is 19.1 Å². The largest absolute Gasteiger partial charge is 0.444 e. The molecule has 0 saturated heterocycles. The first-order valence-corrected chi connectivity index (χ1v) is 13.9. The standard InChI is InChI=1S/C30H46N4O5/c1-7-10-12-13-16-20-34(28(37)24(21-25(31)35)33-29(38)39-30(4,5)6)26(27(36)32-19-11-8-2)23-18-15-14-17-22(23)9-3/h3,14-15,17-18,24,26H,7-8,10-13,16,19-21H2,1-2,4-6H3,(H2,31,35)(H,32,36)(H,33,38). The number of carbonyl (C=O) groups is 4. The minimum atomic E-state index is -1.32. The van der Waals surface area contributed by atoms with Crippen molar-refractivity contribution in [1.82, 2.24) is 15.5 Å². The van der Waals surface area contributed by atoms with Gasteiger partial charge in [-0.1, -0.05) is 70.1 Å². The molecule has 0 saturated carbocycles. The Hall–Kier alpha value is -3.54. The van der Waals surface area contributed by atoms with Crippen LogP contribution in [0.25, 0.3) is 0 Å². The molecule has 9 nitrogen and oxygen atoms in total. The Balaban J connectivity index is 3.53. The second kappa shape index (κ2) is 17.1. The second-order valence-electron chi connectivity index (χ2n) is 10.6. The molecule has 2 atom stereocenters. The third kappa shape index (κ3) is 12.2. The normalized spacial score (nSPS) is 12.5. The summed E-state index contributed by atoms with van der Waals surface area (Å²) in [6.07, 6.45) is 10.7. The lowest BCUT2D eigenvalue weighted by Gasteiger charge is -2.35. The van der Waals surface area contributed by atoms with Gasteiger partial charge in [-0.2, -0.15) is 0 Å². The molecule has 0 aliphatic carbocycles. The zero-order chi connectivity index (χ0) is 29.4. The number of alkyl carbamates (subject to hydrolysis) is 1. The van der Waals surface area contributed by atoms with Crippen LogP contribution in [-0.4, -0.2) is 53.4 Å². The summed E-state index contributed by atoms with van der Waals surface area (Å²) in [7, 11) is 0. The highest BCUT2D eigenvalue weighted by atomic mass is 16.6. The van der Waals surface area contributed by atoms with E-state index in [9.17, 15) is 19.2 Å². The molecule has 0 heterocycles. The van der Waals surface area contributed by atoms with Crippen LogP contribution < -0.4 is 16.4 Å². The monoisotopic (exact) mass is 542 g/mol. The molecule has 0 fully saturated rings. The predicted octanol–water partition coefficient (Wildman–Crippen LogP) is 4.19. The van der Waals surface area contributed by atoms with E-state index in [0.29, 0.717) is 24.1 Å². The number of terminal acetylenes is 1. The Morgan fingerprint density at radius 3 is 2.26 bits per heavy atom. The van der Waals surface area contributed by atoms with E-state index in [-0.39, 0.29) is 12.5 Å². The van der Waals surface area contributed by atoms with Crippen molar-refractivity contribution < 1.29 is 23.9 Å². The van der Waals surface area contributed by atoms with E-state index in [1.54, 1.807) is 45.0 Å². The van der Waals surface area contributed by atoms with Crippen LogP contribution in [0.4, 0.5) is 4.79 Å². The molecule has 0 spiro atoms. The molecule has 39 heavy (non-hydrogen) atoms. The second-order valence-corrected chi connectivity index (χ2v) is 10.6. The van der Waals surface area contributed by atoms with Gasteiger partial charge in [-0.15, -0.1) is 6.42 Å². The number of nitrogens with two attached hydrogens (primary N) is 1. The number of hydrogen-bond donors (Lipinski definition) is 3. The average Bonchev–Trinajstić information content (AvgIpc) is 2.86. The lowest BCUT2D eigenvalue weighted by Crippen LogP contribution is -2.54. The summed E-state index contributed by atoms with van der Waals surface area (Å²) in [5.41, 5.74) is 5.60. The van der Waals surface area contributed by atoms with E-state index in [2.05, 4.69) is 23.5 Å². The third-order valence-corrected chi connectivity index (χ3v) is 5.98. The first kappa shape index (κ1) is 33.5. The summed E-state index contributed by atoms with van der Waals surface area (Å²) in [5, 5.41) is 5.42. The number of nitrogens with zero attached hydrogens (tertiary/aromatic N) is 1. The lowest BCUT2D eigenvalue weighted by atomic mass is 9.96. The Morgan fingerprint density at radius 1 is 1.03 bits per heavy atom. The van der Waals surface area contributed by atoms with Crippen LogP contribution >= 0.6 is 0 Å². The maximum Gasteiger partial charge on any atom is 0.408 e. The van der Waals surface area contributed by atoms with E-state index < -0.39 is 42.0 Å². The van der Waals surface area contributed by atoms with E-state index >= 15 is 0 Å². The first-order valence-electron chi connectivity index (χ1n) is 13.9. The maximum absolute atomic E-state index is 14.1. The van der Waals surface area contributed by atoms with Gasteiger partial charge in [0.1, 0.15) is 17.7 Å². The number of ether oxygens (including phenoxy) is 1. The summed E-state index contributed by atoms with van der Waals surface area (Å²) in [5.74, 6) is 0.837. The maximum atomic E-state index is 14.1. The van der Waals surface area contributed by atoms with Crippen LogP contribution in [0.1, 0.15) is 103 Å². The molecule has 216 valence electrons. The average molecular weight is 543 g/mol. The van der Waals surface area contributed by atoms with Crippen LogP contribution in [0, 0.1) is 12.3 Å². The van der Waals surface area contributed by atoms with Crippen molar-refractivity contribution in [3.63, 3.8) is 0 Å². The zero-order valence-corrected chi connectivity index (χ0v) is 24.2. The number of amides is 4. The van der Waals surface area contributed by atoms with Crippen LogP contribution in [0.2, 0.25) is 0 Å². The van der Waals surface area contributed by atoms with Crippen molar-refractivity contribution >= 4 is 23.8 Å². The topological polar surface area (TPSA) is 131 Å². The van der Waals surface area contributed by atoms with Gasteiger partial charge in [-0.05, 0) is 45.2 Å². The molecular formula is C30H46N4O5. The molecule has 4 N–H and O–H groups in total. The molecule has 0 radical (unpaired) electrons. The van der Waals surface area contributed by atoms with Crippen molar-refractivity contribution in [1.29, 1.82) is 0 Å². The van der Waals surface area contributed by atoms with Gasteiger partial charge in [0.15, 0.2) is 0 Å². The molecule has 1 aromatic carbocycles. The van der Waals surface area contributed by atoms with Gasteiger partial charge in [0, 0.05) is 18.7 Å². The van der Waals surface area contributed by atoms with E-state index in [0.717, 1.165) is 38.5 Å². The molecule has 9 heteroatoms. The summed E-state index contributed by atoms with van der Waals surface area (Å²) in [6.45, 7) is 9.84. The molecule has 0 aliphatic rings. The molecule has 0 bridgehead atoms. The van der Waals surface area contributed by atoms with Gasteiger partial charge in [-0.3, -0.25) is 14.4 Å². The number of benzene rings is 1. The number of unbranched alkanes of at least 4 members (excludes halogenated alkanes) is 5. The van der Waals surface area contributed by atoms with Crippen LogP contribution in [0.3, 0.4) is 0 Å². The third-order valence-electron chi connectivity index (χ3n) is 5.98. The number of hydrogen-bond acceptors (Lipinski definition) is 5. The SMILES string of the molecule is C#Cc1ccccc1C(C(=O)NCCCC)N(CCCCCCC)C(=O)C(CC(N)=O)NC(=O)OC(C)(C)C. The highest BCUT2D eigenvalue weighted by molar-refractivity contribution is 5.94. The van der Waals surface area contributed by atoms with Gasteiger partial charge in [0.25, 0.3) is 0 Å². The van der Waals surface area contributed by atoms with Gasteiger partial charge in [0.2, 0.25) is 17.7 Å². The quantitative estimate of drug-likeness (QED) is 0.213. The predicted molar refractivity (Wildman–Crippen MR) is 152 cm³/mol. The van der Waals surface area contributed by atoms with Crippen molar-refractivity contribution in [3.8, 4) is 12.3 Å². The highest BCUT2D eigenvalue weighted by Crippen LogP contribution is 2.27. The number of primary amides is 1. The van der Waals surface area contributed by atoms with Crippen molar-refractivity contribution in [2.45, 2.75) is 104 Å². The number of carbonyl (C=O) groups excluding carboxylic acids is 4. The highest BCUT2D eigenvalue weighted by Gasteiger charge is 2.37.